The molecule has 1 aromatic rings. The van der Waals surface area contributed by atoms with Crippen molar-refractivity contribution in [1.29, 1.82) is 0 Å². The van der Waals surface area contributed by atoms with Crippen molar-refractivity contribution in [2.24, 2.45) is 0 Å². The fourth-order valence-electron chi connectivity index (χ4n) is 2.87. The van der Waals surface area contributed by atoms with Crippen molar-refractivity contribution in [2.75, 3.05) is 19.6 Å². The molecule has 0 spiro atoms. The minimum atomic E-state index is -0.150. The minimum absolute atomic E-state index is 0.140. The van der Waals surface area contributed by atoms with E-state index in [1.165, 1.54) is 0 Å². The van der Waals surface area contributed by atoms with Gasteiger partial charge in [-0.2, -0.15) is 0 Å². The second-order valence-electron chi connectivity index (χ2n) is 5.90. The summed E-state index contributed by atoms with van der Waals surface area (Å²) in [5, 5.41) is 4.16. The fourth-order valence-corrected chi connectivity index (χ4v) is 3.00. The summed E-state index contributed by atoms with van der Waals surface area (Å²) in [6, 6.07) is 7.82. The average molecular weight is 323 g/mol. The van der Waals surface area contributed by atoms with Crippen molar-refractivity contribution in [2.45, 2.75) is 38.6 Å². The third-order valence-corrected chi connectivity index (χ3v) is 4.57. The first kappa shape index (κ1) is 17.0. The van der Waals surface area contributed by atoms with E-state index in [1.54, 1.807) is 13.8 Å². The standard InChI is InChI=1S/C17H23ClN2O2/c1-12(21)17(14-3-5-15(18)6-4-14)11-19-16-7-9-20(10-8-16)13(2)22/h3-6,16-17,19H,7-11H2,1-2H3. The van der Waals surface area contributed by atoms with Crippen LogP contribution in [0.4, 0.5) is 0 Å². The number of hydrogen-bond donors (Lipinski definition) is 1. The predicted octanol–water partition coefficient (Wildman–Crippen LogP) is 2.61. The number of nitrogens with one attached hydrogen (secondary N) is 1. The topological polar surface area (TPSA) is 49.4 Å². The van der Waals surface area contributed by atoms with E-state index in [9.17, 15) is 9.59 Å². The van der Waals surface area contributed by atoms with E-state index in [0.29, 0.717) is 17.6 Å². The first-order valence-corrected chi connectivity index (χ1v) is 8.10. The summed E-state index contributed by atoms with van der Waals surface area (Å²) in [6.45, 7) is 5.44. The molecule has 2 rings (SSSR count). The molecule has 1 heterocycles. The molecular formula is C17H23ClN2O2. The SMILES string of the molecule is CC(=O)C(CNC1CCN(C(C)=O)CC1)c1ccc(Cl)cc1. The second-order valence-corrected chi connectivity index (χ2v) is 6.34. The molecule has 22 heavy (non-hydrogen) atoms. The zero-order chi connectivity index (χ0) is 16.1. The Balaban J connectivity index is 1.89. The summed E-state index contributed by atoms with van der Waals surface area (Å²) in [5.41, 5.74) is 0.991. The predicted molar refractivity (Wildman–Crippen MR) is 88.2 cm³/mol. The Morgan fingerprint density at radius 2 is 1.82 bits per heavy atom. The Bertz CT molecular complexity index is 522. The van der Waals surface area contributed by atoms with Crippen molar-refractivity contribution >= 4 is 23.3 Å². The van der Waals surface area contributed by atoms with Crippen molar-refractivity contribution in [3.05, 3.63) is 34.9 Å². The highest BCUT2D eigenvalue weighted by Gasteiger charge is 2.23. The molecular weight excluding hydrogens is 300 g/mol. The number of benzene rings is 1. The van der Waals surface area contributed by atoms with Crippen LogP contribution in [-0.4, -0.2) is 42.3 Å². The van der Waals surface area contributed by atoms with E-state index in [2.05, 4.69) is 5.32 Å². The zero-order valence-electron chi connectivity index (χ0n) is 13.1. The number of halogens is 1. The van der Waals surface area contributed by atoms with Gasteiger partial charge in [0.2, 0.25) is 5.91 Å². The van der Waals surface area contributed by atoms with Gasteiger partial charge in [0.25, 0.3) is 0 Å². The van der Waals surface area contributed by atoms with Gasteiger partial charge in [0.15, 0.2) is 0 Å². The number of carbonyl (C=O) groups excluding carboxylic acids is 2. The molecule has 0 bridgehead atoms. The van der Waals surface area contributed by atoms with Crippen LogP contribution in [0.3, 0.4) is 0 Å². The van der Waals surface area contributed by atoms with Gasteiger partial charge in [-0.25, -0.2) is 0 Å². The lowest BCUT2D eigenvalue weighted by Crippen LogP contribution is -2.45. The number of rotatable bonds is 5. The van der Waals surface area contributed by atoms with Gasteiger partial charge in [0.05, 0.1) is 5.92 Å². The first-order chi connectivity index (χ1) is 10.5. The smallest absolute Gasteiger partial charge is 0.219 e. The normalized spacial score (nSPS) is 17.3. The summed E-state index contributed by atoms with van der Waals surface area (Å²) in [5.74, 6) is 0.139. The Morgan fingerprint density at radius 3 is 2.32 bits per heavy atom. The van der Waals surface area contributed by atoms with Gasteiger partial charge < -0.3 is 10.2 Å². The number of ketones is 1. The molecule has 1 saturated heterocycles. The van der Waals surface area contributed by atoms with E-state index in [4.69, 9.17) is 11.6 Å². The zero-order valence-corrected chi connectivity index (χ0v) is 13.9. The molecule has 1 aliphatic rings. The molecule has 0 saturated carbocycles. The number of amides is 1. The summed E-state index contributed by atoms with van der Waals surface area (Å²) >= 11 is 5.90. The largest absolute Gasteiger partial charge is 0.343 e. The molecule has 1 atom stereocenters. The van der Waals surface area contributed by atoms with Gasteiger partial charge in [-0.1, -0.05) is 23.7 Å². The van der Waals surface area contributed by atoms with Crippen LogP contribution in [0.5, 0.6) is 0 Å². The van der Waals surface area contributed by atoms with Crippen LogP contribution < -0.4 is 5.32 Å². The van der Waals surface area contributed by atoms with Crippen LogP contribution in [-0.2, 0) is 9.59 Å². The highest BCUT2D eigenvalue weighted by atomic mass is 35.5. The Kier molecular flexibility index (Phi) is 5.98. The average Bonchev–Trinajstić information content (AvgIpc) is 2.49. The maximum absolute atomic E-state index is 11.9. The number of carbonyl (C=O) groups is 2. The highest BCUT2D eigenvalue weighted by Crippen LogP contribution is 2.20. The van der Waals surface area contributed by atoms with Crippen LogP contribution in [0.2, 0.25) is 5.02 Å². The summed E-state index contributed by atoms with van der Waals surface area (Å²) in [7, 11) is 0. The molecule has 4 nitrogen and oxygen atoms in total. The monoisotopic (exact) mass is 322 g/mol. The molecule has 1 amide bonds. The minimum Gasteiger partial charge on any atom is -0.343 e. The lowest BCUT2D eigenvalue weighted by atomic mass is 9.94. The Labute approximate surface area is 136 Å². The lowest BCUT2D eigenvalue weighted by molar-refractivity contribution is -0.129. The summed E-state index contributed by atoms with van der Waals surface area (Å²) in [6.07, 6.45) is 1.87. The molecule has 0 aromatic heterocycles. The maximum Gasteiger partial charge on any atom is 0.219 e. The van der Waals surface area contributed by atoms with Crippen LogP contribution >= 0.6 is 11.6 Å². The summed E-state index contributed by atoms with van der Waals surface area (Å²) < 4.78 is 0. The third kappa shape index (κ3) is 4.55. The molecule has 1 fully saturated rings. The first-order valence-electron chi connectivity index (χ1n) is 7.72. The molecule has 120 valence electrons. The van der Waals surface area contributed by atoms with Gasteiger partial charge >= 0.3 is 0 Å². The van der Waals surface area contributed by atoms with Crippen LogP contribution in [0.1, 0.15) is 38.2 Å². The Morgan fingerprint density at radius 1 is 1.23 bits per heavy atom. The van der Waals surface area contributed by atoms with Gasteiger partial charge in [-0.3, -0.25) is 9.59 Å². The maximum atomic E-state index is 11.9. The van der Waals surface area contributed by atoms with Crippen molar-refractivity contribution < 1.29 is 9.59 Å². The van der Waals surface area contributed by atoms with E-state index < -0.39 is 0 Å². The van der Waals surface area contributed by atoms with Crippen molar-refractivity contribution in [3.8, 4) is 0 Å². The third-order valence-electron chi connectivity index (χ3n) is 4.31. The summed E-state index contributed by atoms with van der Waals surface area (Å²) in [4.78, 5) is 25.1. The molecule has 5 heteroatoms. The molecule has 1 aromatic carbocycles. The van der Waals surface area contributed by atoms with E-state index >= 15 is 0 Å². The molecule has 1 aliphatic heterocycles. The second kappa shape index (κ2) is 7.75. The lowest BCUT2D eigenvalue weighted by Gasteiger charge is -2.32. The molecule has 1 N–H and O–H groups in total. The number of piperidine rings is 1. The Hall–Kier alpha value is -1.39. The van der Waals surface area contributed by atoms with E-state index in [0.717, 1.165) is 31.5 Å². The van der Waals surface area contributed by atoms with Crippen molar-refractivity contribution in [1.82, 2.24) is 10.2 Å². The number of hydrogen-bond acceptors (Lipinski definition) is 3. The highest BCUT2D eigenvalue weighted by molar-refractivity contribution is 6.30. The van der Waals surface area contributed by atoms with Crippen LogP contribution in [0, 0.1) is 0 Å². The van der Waals surface area contributed by atoms with Gasteiger partial charge in [-0.15, -0.1) is 0 Å². The van der Waals surface area contributed by atoms with Crippen LogP contribution in [0.15, 0.2) is 24.3 Å². The van der Waals surface area contributed by atoms with E-state index in [-0.39, 0.29) is 17.6 Å². The fraction of sp³-hybridized carbons (Fsp3) is 0.529. The number of nitrogens with zero attached hydrogens (tertiary/aromatic N) is 1. The molecule has 1 unspecified atom stereocenters. The quantitative estimate of drug-likeness (QED) is 0.906. The van der Waals surface area contributed by atoms with Crippen LogP contribution in [0.25, 0.3) is 0 Å². The van der Waals surface area contributed by atoms with Gasteiger partial charge in [-0.05, 0) is 37.5 Å². The number of likely N-dealkylation sites (tertiary alicyclic amines) is 1. The van der Waals surface area contributed by atoms with Crippen molar-refractivity contribution in [3.63, 3.8) is 0 Å². The van der Waals surface area contributed by atoms with Gasteiger partial charge in [0.1, 0.15) is 5.78 Å². The van der Waals surface area contributed by atoms with E-state index in [1.807, 2.05) is 29.2 Å². The molecule has 0 aliphatic carbocycles. The molecule has 0 radical (unpaired) electrons. The van der Waals surface area contributed by atoms with Gasteiger partial charge in [0, 0.05) is 37.6 Å². The number of Topliss-reactive ketones (excluding diaryl/α,β-unsaturated/α-hetero) is 1.